The number of esters is 1. The number of anilines is 1. The molecule has 0 fully saturated rings. The van der Waals surface area contributed by atoms with E-state index >= 15 is 0 Å². The van der Waals surface area contributed by atoms with Gasteiger partial charge in [0, 0.05) is 5.56 Å². The summed E-state index contributed by atoms with van der Waals surface area (Å²) < 4.78 is 20.7. The Labute approximate surface area is 151 Å². The van der Waals surface area contributed by atoms with Crippen LogP contribution in [0.15, 0.2) is 36.4 Å². The molecule has 2 aromatic carbocycles. The summed E-state index contributed by atoms with van der Waals surface area (Å²) in [6.45, 7) is 0. The minimum Gasteiger partial charge on any atom is -0.493 e. The number of carbonyl (C=O) groups excluding carboxylic acids is 2. The van der Waals surface area contributed by atoms with Crippen LogP contribution in [0.5, 0.6) is 17.2 Å². The zero-order valence-corrected chi connectivity index (χ0v) is 15.1. The number of benzene rings is 2. The average Bonchev–Trinajstić information content (AvgIpc) is 2.67. The van der Waals surface area contributed by atoms with E-state index in [0.717, 1.165) is 0 Å². The minimum absolute atomic E-state index is 0.0268. The number of rotatable bonds is 7. The monoisotopic (exact) mass is 359 g/mol. The topological polar surface area (TPSA) is 83.1 Å². The van der Waals surface area contributed by atoms with Crippen molar-refractivity contribution in [2.45, 2.75) is 6.42 Å². The molecule has 26 heavy (non-hydrogen) atoms. The predicted molar refractivity (Wildman–Crippen MR) is 96.2 cm³/mol. The molecule has 2 aromatic rings. The molecule has 0 radical (unpaired) electrons. The van der Waals surface area contributed by atoms with Crippen LogP contribution in [0.25, 0.3) is 0 Å². The van der Waals surface area contributed by atoms with Gasteiger partial charge in [-0.3, -0.25) is 4.79 Å². The molecule has 0 spiro atoms. The van der Waals surface area contributed by atoms with Crippen LogP contribution in [-0.2, 0) is 16.0 Å². The van der Waals surface area contributed by atoms with Gasteiger partial charge >= 0.3 is 5.97 Å². The zero-order chi connectivity index (χ0) is 19.1. The summed E-state index contributed by atoms with van der Waals surface area (Å²) in [5, 5.41) is 2.72. The van der Waals surface area contributed by atoms with Crippen molar-refractivity contribution in [3.63, 3.8) is 0 Å². The van der Waals surface area contributed by atoms with E-state index in [2.05, 4.69) is 5.32 Å². The Morgan fingerprint density at radius 1 is 0.885 bits per heavy atom. The highest BCUT2D eigenvalue weighted by Crippen LogP contribution is 2.40. The first kappa shape index (κ1) is 19.1. The SMILES string of the molecule is COC(=O)c1ccccc1NC(=O)Cc1ccc(OC)c(OC)c1OC. The maximum absolute atomic E-state index is 12.5. The molecule has 0 aliphatic heterocycles. The lowest BCUT2D eigenvalue weighted by atomic mass is 10.1. The van der Waals surface area contributed by atoms with E-state index in [0.29, 0.717) is 28.5 Å². The molecule has 7 heteroatoms. The number of carbonyl (C=O) groups is 2. The van der Waals surface area contributed by atoms with Crippen molar-refractivity contribution in [1.82, 2.24) is 0 Å². The molecule has 0 atom stereocenters. The summed E-state index contributed by atoms with van der Waals surface area (Å²) in [5.74, 6) is 0.500. The van der Waals surface area contributed by atoms with Gasteiger partial charge in [0.25, 0.3) is 0 Å². The molecule has 7 nitrogen and oxygen atoms in total. The van der Waals surface area contributed by atoms with E-state index in [-0.39, 0.29) is 17.9 Å². The highest BCUT2D eigenvalue weighted by atomic mass is 16.5. The van der Waals surface area contributed by atoms with Crippen molar-refractivity contribution in [2.24, 2.45) is 0 Å². The van der Waals surface area contributed by atoms with Crippen LogP contribution in [0, 0.1) is 0 Å². The number of hydrogen-bond donors (Lipinski definition) is 1. The Morgan fingerprint density at radius 2 is 1.58 bits per heavy atom. The maximum atomic E-state index is 12.5. The van der Waals surface area contributed by atoms with Gasteiger partial charge in [0.15, 0.2) is 11.5 Å². The number of nitrogens with one attached hydrogen (secondary N) is 1. The maximum Gasteiger partial charge on any atom is 0.339 e. The Balaban J connectivity index is 2.25. The Kier molecular flexibility index (Phi) is 6.43. The largest absolute Gasteiger partial charge is 0.493 e. The third-order valence-corrected chi connectivity index (χ3v) is 3.74. The second-order valence-corrected chi connectivity index (χ2v) is 5.26. The number of hydrogen-bond acceptors (Lipinski definition) is 6. The van der Waals surface area contributed by atoms with E-state index in [4.69, 9.17) is 18.9 Å². The molecule has 0 bridgehead atoms. The molecular weight excluding hydrogens is 338 g/mol. The van der Waals surface area contributed by atoms with Crippen LogP contribution < -0.4 is 19.5 Å². The second-order valence-electron chi connectivity index (χ2n) is 5.26. The summed E-state index contributed by atoms with van der Waals surface area (Å²) in [5.41, 5.74) is 1.28. The fourth-order valence-electron chi connectivity index (χ4n) is 2.55. The van der Waals surface area contributed by atoms with Crippen molar-refractivity contribution in [3.05, 3.63) is 47.5 Å². The van der Waals surface area contributed by atoms with Gasteiger partial charge in [0.2, 0.25) is 11.7 Å². The molecule has 0 heterocycles. The first-order valence-electron chi connectivity index (χ1n) is 7.80. The third kappa shape index (κ3) is 4.05. The van der Waals surface area contributed by atoms with Crippen LogP contribution in [0.2, 0.25) is 0 Å². The molecule has 1 amide bonds. The summed E-state index contributed by atoms with van der Waals surface area (Å²) in [6, 6.07) is 10.1. The van der Waals surface area contributed by atoms with E-state index < -0.39 is 5.97 Å². The second kappa shape index (κ2) is 8.75. The summed E-state index contributed by atoms with van der Waals surface area (Å²) in [6.07, 6.45) is 0.0268. The standard InChI is InChI=1S/C19H21NO6/c1-23-15-10-9-12(17(24-2)18(15)25-3)11-16(21)20-14-8-6-5-7-13(14)19(22)26-4/h5-10H,11H2,1-4H3,(H,20,21). The average molecular weight is 359 g/mol. The Hall–Kier alpha value is -3.22. The van der Waals surface area contributed by atoms with Crippen molar-refractivity contribution >= 4 is 17.6 Å². The van der Waals surface area contributed by atoms with Gasteiger partial charge in [-0.1, -0.05) is 18.2 Å². The lowest BCUT2D eigenvalue weighted by Crippen LogP contribution is -2.17. The number of ether oxygens (including phenoxy) is 4. The summed E-state index contributed by atoms with van der Waals surface area (Å²) in [4.78, 5) is 24.3. The number of methoxy groups -OCH3 is 4. The fraction of sp³-hybridized carbons (Fsp3) is 0.263. The molecule has 1 N–H and O–H groups in total. The molecule has 0 saturated carbocycles. The first-order chi connectivity index (χ1) is 12.5. The molecule has 0 aromatic heterocycles. The van der Waals surface area contributed by atoms with Gasteiger partial charge in [-0.05, 0) is 18.2 Å². The number of amides is 1. The third-order valence-electron chi connectivity index (χ3n) is 3.74. The van der Waals surface area contributed by atoms with Gasteiger partial charge in [-0.2, -0.15) is 0 Å². The van der Waals surface area contributed by atoms with E-state index in [1.807, 2.05) is 0 Å². The van der Waals surface area contributed by atoms with Gasteiger partial charge in [0.05, 0.1) is 46.1 Å². The highest BCUT2D eigenvalue weighted by molar-refractivity contribution is 6.01. The van der Waals surface area contributed by atoms with Crippen LogP contribution in [-0.4, -0.2) is 40.3 Å². The van der Waals surface area contributed by atoms with Gasteiger partial charge in [0.1, 0.15) is 0 Å². The van der Waals surface area contributed by atoms with Gasteiger partial charge in [-0.15, -0.1) is 0 Å². The minimum atomic E-state index is -0.524. The van der Waals surface area contributed by atoms with Crippen molar-refractivity contribution < 1.29 is 28.5 Å². The predicted octanol–water partition coefficient (Wildman–Crippen LogP) is 2.68. The van der Waals surface area contributed by atoms with Crippen molar-refractivity contribution in [1.29, 1.82) is 0 Å². The molecular formula is C19H21NO6. The zero-order valence-electron chi connectivity index (χ0n) is 15.1. The molecule has 138 valence electrons. The molecule has 0 saturated heterocycles. The summed E-state index contributed by atoms with van der Waals surface area (Å²) in [7, 11) is 5.80. The quantitative estimate of drug-likeness (QED) is 0.766. The van der Waals surface area contributed by atoms with Crippen LogP contribution in [0.1, 0.15) is 15.9 Å². The van der Waals surface area contributed by atoms with Crippen LogP contribution in [0.4, 0.5) is 5.69 Å². The molecule has 2 rings (SSSR count). The normalized spacial score (nSPS) is 10.0. The van der Waals surface area contributed by atoms with E-state index in [1.54, 1.807) is 36.4 Å². The van der Waals surface area contributed by atoms with Gasteiger partial charge in [-0.25, -0.2) is 4.79 Å². The highest BCUT2D eigenvalue weighted by Gasteiger charge is 2.19. The number of para-hydroxylation sites is 1. The summed E-state index contributed by atoms with van der Waals surface area (Å²) >= 11 is 0. The van der Waals surface area contributed by atoms with E-state index in [1.165, 1.54) is 28.4 Å². The molecule has 0 aliphatic carbocycles. The lowest BCUT2D eigenvalue weighted by molar-refractivity contribution is -0.115. The van der Waals surface area contributed by atoms with Crippen LogP contribution >= 0.6 is 0 Å². The lowest BCUT2D eigenvalue weighted by Gasteiger charge is -2.16. The molecule has 0 unspecified atom stereocenters. The first-order valence-corrected chi connectivity index (χ1v) is 7.80. The smallest absolute Gasteiger partial charge is 0.339 e. The molecule has 0 aliphatic rings. The van der Waals surface area contributed by atoms with Crippen molar-refractivity contribution in [3.8, 4) is 17.2 Å². The Bertz CT molecular complexity index is 803. The van der Waals surface area contributed by atoms with Gasteiger partial charge < -0.3 is 24.3 Å². The van der Waals surface area contributed by atoms with E-state index in [9.17, 15) is 9.59 Å². The Morgan fingerprint density at radius 3 is 2.19 bits per heavy atom. The van der Waals surface area contributed by atoms with Crippen LogP contribution in [0.3, 0.4) is 0 Å². The van der Waals surface area contributed by atoms with Crippen molar-refractivity contribution in [2.75, 3.05) is 33.8 Å². The fourth-order valence-corrected chi connectivity index (χ4v) is 2.55.